The minimum absolute atomic E-state index is 0.177. The molecule has 116 valence electrons. The molecular weight excluding hydrogens is 291 g/mol. The SMILES string of the molecule is CC(C)N(C)c1ccc(NC(=O)C2(O)CCSC2)cc1F. The molecule has 1 fully saturated rings. The standard InChI is InChI=1S/C15H21FN2O2S/c1-10(2)18(3)13-5-4-11(8-12(13)16)17-14(19)15(20)6-7-21-9-15/h4-5,8,10,20H,6-7,9H2,1-3H3,(H,17,19). The van der Waals surface area contributed by atoms with Crippen molar-refractivity contribution in [3.05, 3.63) is 24.0 Å². The summed E-state index contributed by atoms with van der Waals surface area (Å²) < 4.78 is 14.1. The normalized spacial score (nSPS) is 21.6. The van der Waals surface area contributed by atoms with Crippen molar-refractivity contribution in [3.8, 4) is 0 Å². The molecule has 1 aliphatic heterocycles. The Morgan fingerprint density at radius 3 is 2.76 bits per heavy atom. The van der Waals surface area contributed by atoms with Crippen molar-refractivity contribution in [3.63, 3.8) is 0 Å². The molecule has 1 aromatic carbocycles. The van der Waals surface area contributed by atoms with Crippen molar-refractivity contribution in [2.75, 3.05) is 28.8 Å². The third-order valence-electron chi connectivity index (χ3n) is 3.78. The van der Waals surface area contributed by atoms with Crippen molar-refractivity contribution in [2.45, 2.75) is 31.9 Å². The lowest BCUT2D eigenvalue weighted by atomic mass is 10.0. The van der Waals surface area contributed by atoms with Crippen LogP contribution in [0, 0.1) is 5.82 Å². The number of aliphatic hydroxyl groups is 1. The number of nitrogens with one attached hydrogen (secondary N) is 1. The second-order valence-corrected chi connectivity index (χ2v) is 6.76. The first-order chi connectivity index (χ1) is 9.83. The van der Waals surface area contributed by atoms with Crippen LogP contribution in [-0.4, -0.2) is 41.2 Å². The van der Waals surface area contributed by atoms with Gasteiger partial charge in [0.25, 0.3) is 5.91 Å². The van der Waals surface area contributed by atoms with E-state index in [4.69, 9.17) is 0 Å². The van der Waals surface area contributed by atoms with Crippen LogP contribution in [0.3, 0.4) is 0 Å². The van der Waals surface area contributed by atoms with Gasteiger partial charge in [0, 0.05) is 24.5 Å². The van der Waals surface area contributed by atoms with E-state index in [1.165, 1.54) is 6.07 Å². The van der Waals surface area contributed by atoms with E-state index in [1.54, 1.807) is 23.9 Å². The van der Waals surface area contributed by atoms with Crippen LogP contribution >= 0.6 is 11.8 Å². The molecule has 2 N–H and O–H groups in total. The summed E-state index contributed by atoms with van der Waals surface area (Å²) in [6, 6.07) is 4.76. The number of hydrogen-bond acceptors (Lipinski definition) is 4. The Kier molecular flexibility index (Phi) is 4.78. The number of hydrogen-bond donors (Lipinski definition) is 2. The molecular formula is C15H21FN2O2S. The zero-order chi connectivity index (χ0) is 15.6. The van der Waals surface area contributed by atoms with Crippen molar-refractivity contribution in [2.24, 2.45) is 0 Å². The lowest BCUT2D eigenvalue weighted by molar-refractivity contribution is -0.131. The number of carbonyl (C=O) groups is 1. The summed E-state index contributed by atoms with van der Waals surface area (Å²) in [6.07, 6.45) is 0.431. The highest BCUT2D eigenvalue weighted by molar-refractivity contribution is 7.99. The Morgan fingerprint density at radius 2 is 2.24 bits per heavy atom. The van der Waals surface area contributed by atoms with Crippen molar-refractivity contribution in [1.82, 2.24) is 0 Å². The van der Waals surface area contributed by atoms with Crippen LogP contribution in [-0.2, 0) is 4.79 Å². The number of anilines is 2. The fourth-order valence-corrected chi connectivity index (χ4v) is 3.37. The summed E-state index contributed by atoms with van der Waals surface area (Å²) in [5.41, 5.74) is -0.490. The quantitative estimate of drug-likeness (QED) is 0.897. The van der Waals surface area contributed by atoms with Gasteiger partial charge in [-0.3, -0.25) is 4.79 Å². The minimum Gasteiger partial charge on any atom is -0.379 e. The van der Waals surface area contributed by atoms with Gasteiger partial charge in [-0.2, -0.15) is 11.8 Å². The average Bonchev–Trinajstić information content (AvgIpc) is 2.86. The largest absolute Gasteiger partial charge is 0.379 e. The van der Waals surface area contributed by atoms with E-state index in [0.717, 1.165) is 5.75 Å². The second kappa shape index (κ2) is 6.23. The molecule has 0 spiro atoms. The Balaban J connectivity index is 2.12. The molecule has 1 saturated heterocycles. The van der Waals surface area contributed by atoms with Gasteiger partial charge in [-0.15, -0.1) is 0 Å². The number of benzene rings is 1. The molecule has 1 atom stereocenters. The van der Waals surface area contributed by atoms with Crippen molar-refractivity contribution >= 4 is 29.0 Å². The topological polar surface area (TPSA) is 52.6 Å². The Bertz CT molecular complexity index is 530. The predicted octanol–water partition coefficient (Wildman–Crippen LogP) is 2.48. The van der Waals surface area contributed by atoms with Crippen LogP contribution in [0.1, 0.15) is 20.3 Å². The van der Waals surface area contributed by atoms with Crippen molar-refractivity contribution < 1.29 is 14.3 Å². The van der Waals surface area contributed by atoms with Gasteiger partial charge >= 0.3 is 0 Å². The molecule has 1 aliphatic rings. The van der Waals surface area contributed by atoms with E-state index < -0.39 is 17.3 Å². The molecule has 1 heterocycles. The Hall–Kier alpha value is -1.27. The van der Waals surface area contributed by atoms with Gasteiger partial charge < -0.3 is 15.3 Å². The lowest BCUT2D eigenvalue weighted by Gasteiger charge is -2.25. The number of thioether (sulfide) groups is 1. The molecule has 0 saturated carbocycles. The fourth-order valence-electron chi connectivity index (χ4n) is 2.13. The first-order valence-corrected chi connectivity index (χ1v) is 8.13. The maximum absolute atomic E-state index is 14.1. The number of nitrogens with zero attached hydrogens (tertiary/aromatic N) is 1. The van der Waals surface area contributed by atoms with Crippen LogP contribution in [0.2, 0.25) is 0 Å². The number of rotatable bonds is 4. The van der Waals surface area contributed by atoms with Crippen molar-refractivity contribution in [1.29, 1.82) is 0 Å². The molecule has 2 rings (SSSR count). The monoisotopic (exact) mass is 312 g/mol. The smallest absolute Gasteiger partial charge is 0.257 e. The van der Waals surface area contributed by atoms with Gasteiger partial charge in [0.1, 0.15) is 5.82 Å². The minimum atomic E-state index is -1.34. The Labute approximate surface area is 128 Å². The molecule has 1 aromatic rings. The highest BCUT2D eigenvalue weighted by atomic mass is 32.2. The van der Waals surface area contributed by atoms with Crippen LogP contribution < -0.4 is 10.2 Å². The molecule has 1 unspecified atom stereocenters. The average molecular weight is 312 g/mol. The Morgan fingerprint density at radius 1 is 1.52 bits per heavy atom. The van der Waals surface area contributed by atoms with Gasteiger partial charge in [-0.1, -0.05) is 0 Å². The molecule has 0 bridgehead atoms. The van der Waals surface area contributed by atoms with Gasteiger partial charge in [0.2, 0.25) is 0 Å². The molecule has 0 aliphatic carbocycles. The summed E-state index contributed by atoms with van der Waals surface area (Å²) in [6.45, 7) is 3.95. The zero-order valence-corrected chi connectivity index (χ0v) is 13.3. The van der Waals surface area contributed by atoms with E-state index >= 15 is 0 Å². The van der Waals surface area contributed by atoms with Crippen LogP contribution in [0.5, 0.6) is 0 Å². The third-order valence-corrected chi connectivity index (χ3v) is 4.96. The molecule has 0 radical (unpaired) electrons. The second-order valence-electron chi connectivity index (χ2n) is 5.66. The fraction of sp³-hybridized carbons (Fsp3) is 0.533. The number of halogens is 1. The lowest BCUT2D eigenvalue weighted by Crippen LogP contribution is -2.42. The zero-order valence-electron chi connectivity index (χ0n) is 12.5. The van der Waals surface area contributed by atoms with Gasteiger partial charge in [-0.05, 0) is 44.2 Å². The number of amides is 1. The van der Waals surface area contributed by atoms with Gasteiger partial charge in [0.05, 0.1) is 5.69 Å². The van der Waals surface area contributed by atoms with Crippen LogP contribution in [0.25, 0.3) is 0 Å². The van der Waals surface area contributed by atoms with Gasteiger partial charge in [-0.25, -0.2) is 4.39 Å². The molecule has 1 amide bonds. The summed E-state index contributed by atoms with van der Waals surface area (Å²) in [5, 5.41) is 12.8. The summed E-state index contributed by atoms with van der Waals surface area (Å²) in [4.78, 5) is 13.9. The molecule has 0 aromatic heterocycles. The summed E-state index contributed by atoms with van der Waals surface area (Å²) in [7, 11) is 1.82. The van der Waals surface area contributed by atoms with E-state index in [2.05, 4.69) is 5.32 Å². The maximum atomic E-state index is 14.1. The van der Waals surface area contributed by atoms with E-state index in [-0.39, 0.29) is 6.04 Å². The predicted molar refractivity (Wildman–Crippen MR) is 85.5 cm³/mol. The van der Waals surface area contributed by atoms with E-state index in [0.29, 0.717) is 23.5 Å². The maximum Gasteiger partial charge on any atom is 0.257 e. The van der Waals surface area contributed by atoms with E-state index in [9.17, 15) is 14.3 Å². The molecule has 6 heteroatoms. The summed E-state index contributed by atoms with van der Waals surface area (Å²) >= 11 is 1.54. The highest BCUT2D eigenvalue weighted by Crippen LogP contribution is 2.30. The summed E-state index contributed by atoms with van der Waals surface area (Å²) in [5.74, 6) is 0.292. The molecule has 4 nitrogen and oxygen atoms in total. The highest BCUT2D eigenvalue weighted by Gasteiger charge is 2.39. The van der Waals surface area contributed by atoms with Crippen LogP contribution in [0.15, 0.2) is 18.2 Å². The first-order valence-electron chi connectivity index (χ1n) is 6.97. The number of carbonyl (C=O) groups excluding carboxylic acids is 1. The first kappa shape index (κ1) is 16.1. The molecule has 21 heavy (non-hydrogen) atoms. The van der Waals surface area contributed by atoms with Crippen LogP contribution in [0.4, 0.5) is 15.8 Å². The van der Waals surface area contributed by atoms with E-state index in [1.807, 2.05) is 25.8 Å². The van der Waals surface area contributed by atoms with Gasteiger partial charge in [0.15, 0.2) is 5.60 Å². The third kappa shape index (κ3) is 3.49.